The van der Waals surface area contributed by atoms with Crippen molar-refractivity contribution in [3.63, 3.8) is 0 Å². The smallest absolute Gasteiger partial charge is 0.276 e. The lowest BCUT2D eigenvalue weighted by atomic mass is 10.1. The number of carbonyl (C=O) groups excluding carboxylic acids is 1. The largest absolute Gasteiger partial charge is 0.497 e. The van der Waals surface area contributed by atoms with Gasteiger partial charge < -0.3 is 19.4 Å². The molecule has 2 heterocycles. The predicted octanol–water partition coefficient (Wildman–Crippen LogP) is 4.25. The van der Waals surface area contributed by atoms with Gasteiger partial charge in [-0.1, -0.05) is 29.8 Å². The molecular weight excluding hydrogens is 480 g/mol. The summed E-state index contributed by atoms with van der Waals surface area (Å²) >= 11 is 0. The maximum atomic E-state index is 13.4. The first kappa shape index (κ1) is 24.9. The molecule has 0 saturated heterocycles. The SMILES string of the molecule is COc1ccc(CN(Cc2ccco2)c2cnc(S(C)(=O)=O)nc2C(=O)Nc2ccc(C)cc2)cc1. The highest BCUT2D eigenvalue weighted by Crippen LogP contribution is 2.26. The molecule has 9 nitrogen and oxygen atoms in total. The van der Waals surface area contributed by atoms with E-state index in [1.54, 1.807) is 31.6 Å². The Morgan fingerprint density at radius 2 is 1.78 bits per heavy atom. The van der Waals surface area contributed by atoms with Gasteiger partial charge >= 0.3 is 0 Å². The molecule has 0 aliphatic heterocycles. The number of furan rings is 1. The summed E-state index contributed by atoms with van der Waals surface area (Å²) in [6.45, 7) is 2.61. The molecule has 4 aromatic rings. The Kier molecular flexibility index (Phi) is 7.35. The number of ether oxygens (including phenoxy) is 1. The molecule has 2 aromatic heterocycles. The van der Waals surface area contributed by atoms with E-state index in [0.717, 1.165) is 23.1 Å². The van der Waals surface area contributed by atoms with E-state index in [-0.39, 0.29) is 5.69 Å². The van der Waals surface area contributed by atoms with Gasteiger partial charge in [-0.05, 0) is 48.9 Å². The summed E-state index contributed by atoms with van der Waals surface area (Å²) in [5.41, 5.74) is 2.83. The van der Waals surface area contributed by atoms with Crippen molar-refractivity contribution < 1.29 is 22.4 Å². The first-order valence-corrected chi connectivity index (χ1v) is 13.0. The van der Waals surface area contributed by atoms with Crippen LogP contribution in [0.25, 0.3) is 0 Å². The van der Waals surface area contributed by atoms with E-state index in [1.165, 1.54) is 6.20 Å². The Bertz CT molecular complexity index is 1430. The summed E-state index contributed by atoms with van der Waals surface area (Å²) in [4.78, 5) is 23.5. The average molecular weight is 507 g/mol. The molecule has 0 saturated carbocycles. The number of anilines is 2. The number of amides is 1. The van der Waals surface area contributed by atoms with Crippen LogP contribution < -0.4 is 15.0 Å². The molecule has 0 radical (unpaired) electrons. The molecule has 0 spiro atoms. The van der Waals surface area contributed by atoms with Crippen molar-refractivity contribution in [3.05, 3.63) is 95.7 Å². The van der Waals surface area contributed by atoms with Gasteiger partial charge in [-0.15, -0.1) is 0 Å². The quantitative estimate of drug-likeness (QED) is 0.335. The minimum atomic E-state index is -3.75. The number of benzene rings is 2. The average Bonchev–Trinajstić information content (AvgIpc) is 3.38. The van der Waals surface area contributed by atoms with Crippen LogP contribution in [0.15, 0.2) is 82.7 Å². The summed E-state index contributed by atoms with van der Waals surface area (Å²) in [5, 5.41) is 2.38. The van der Waals surface area contributed by atoms with Crippen LogP contribution in [-0.2, 0) is 22.9 Å². The molecule has 0 atom stereocenters. The third kappa shape index (κ3) is 6.08. The normalized spacial score (nSPS) is 11.2. The van der Waals surface area contributed by atoms with Gasteiger partial charge in [0.25, 0.3) is 5.91 Å². The second-order valence-corrected chi connectivity index (χ2v) is 10.2. The number of hydrogen-bond acceptors (Lipinski definition) is 8. The van der Waals surface area contributed by atoms with Crippen LogP contribution in [0.4, 0.5) is 11.4 Å². The van der Waals surface area contributed by atoms with E-state index in [0.29, 0.717) is 30.2 Å². The van der Waals surface area contributed by atoms with Crippen molar-refractivity contribution in [2.75, 3.05) is 23.6 Å². The highest BCUT2D eigenvalue weighted by Gasteiger charge is 2.24. The topological polar surface area (TPSA) is 115 Å². The van der Waals surface area contributed by atoms with Crippen LogP contribution in [0.1, 0.15) is 27.4 Å². The van der Waals surface area contributed by atoms with Crippen LogP contribution in [0.5, 0.6) is 5.75 Å². The van der Waals surface area contributed by atoms with E-state index >= 15 is 0 Å². The number of rotatable bonds is 9. The van der Waals surface area contributed by atoms with Crippen molar-refractivity contribution in [1.82, 2.24) is 9.97 Å². The summed E-state index contributed by atoms with van der Waals surface area (Å²) in [5.74, 6) is 0.816. The number of methoxy groups -OCH3 is 1. The third-order valence-electron chi connectivity index (χ3n) is 5.40. The van der Waals surface area contributed by atoms with Gasteiger partial charge in [0, 0.05) is 18.5 Å². The molecule has 0 fully saturated rings. The highest BCUT2D eigenvalue weighted by atomic mass is 32.2. The molecule has 0 aliphatic rings. The summed E-state index contributed by atoms with van der Waals surface area (Å²) in [7, 11) is -2.15. The maximum Gasteiger partial charge on any atom is 0.276 e. The van der Waals surface area contributed by atoms with E-state index in [4.69, 9.17) is 9.15 Å². The summed E-state index contributed by atoms with van der Waals surface area (Å²) in [6, 6.07) is 18.4. The van der Waals surface area contributed by atoms with E-state index in [9.17, 15) is 13.2 Å². The van der Waals surface area contributed by atoms with Gasteiger partial charge in [-0.2, -0.15) is 0 Å². The fourth-order valence-electron chi connectivity index (χ4n) is 3.53. The Morgan fingerprint density at radius 3 is 2.39 bits per heavy atom. The number of hydrogen-bond donors (Lipinski definition) is 1. The first-order chi connectivity index (χ1) is 17.2. The molecule has 2 aromatic carbocycles. The molecule has 4 rings (SSSR count). The molecule has 186 valence electrons. The molecule has 1 amide bonds. The third-order valence-corrected chi connectivity index (χ3v) is 6.26. The number of nitrogens with one attached hydrogen (secondary N) is 1. The fourth-order valence-corrected chi connectivity index (χ4v) is 4.03. The number of aryl methyl sites for hydroxylation is 1. The van der Waals surface area contributed by atoms with Crippen LogP contribution in [0, 0.1) is 6.92 Å². The van der Waals surface area contributed by atoms with Gasteiger partial charge in [0.15, 0.2) is 5.69 Å². The summed E-state index contributed by atoms with van der Waals surface area (Å²) < 4.78 is 35.2. The Hall–Kier alpha value is -4.18. The van der Waals surface area contributed by atoms with Gasteiger partial charge in [0.2, 0.25) is 15.0 Å². The number of aromatic nitrogens is 2. The Labute approximate surface area is 209 Å². The van der Waals surface area contributed by atoms with Crippen molar-refractivity contribution >= 4 is 27.1 Å². The lowest BCUT2D eigenvalue weighted by Gasteiger charge is -2.25. The van der Waals surface area contributed by atoms with Gasteiger partial charge in [-0.3, -0.25) is 4.79 Å². The molecule has 10 heteroatoms. The zero-order chi connectivity index (χ0) is 25.7. The number of nitrogens with zero attached hydrogens (tertiary/aromatic N) is 3. The maximum absolute atomic E-state index is 13.4. The van der Waals surface area contributed by atoms with E-state index in [1.807, 2.05) is 54.3 Å². The molecule has 36 heavy (non-hydrogen) atoms. The van der Waals surface area contributed by atoms with Crippen LogP contribution in [0.2, 0.25) is 0 Å². The molecular formula is C26H26N4O5S. The van der Waals surface area contributed by atoms with E-state index in [2.05, 4.69) is 15.3 Å². The standard InChI is InChI=1S/C26H26N4O5S/c1-18-6-10-20(11-7-18)28-25(31)24-23(15-27-26(29-24)36(3,32)33)30(17-22-5-4-14-35-22)16-19-8-12-21(34-2)13-9-19/h4-15H,16-17H2,1-3H3,(H,28,31). The molecule has 0 aliphatic carbocycles. The number of carbonyl (C=O) groups is 1. The van der Waals surface area contributed by atoms with Crippen LogP contribution >= 0.6 is 0 Å². The van der Waals surface area contributed by atoms with Gasteiger partial charge in [-0.25, -0.2) is 18.4 Å². The molecule has 1 N–H and O–H groups in total. The lowest BCUT2D eigenvalue weighted by molar-refractivity contribution is 0.102. The van der Waals surface area contributed by atoms with Crippen molar-refractivity contribution in [1.29, 1.82) is 0 Å². The fraction of sp³-hybridized carbons (Fsp3) is 0.192. The first-order valence-electron chi connectivity index (χ1n) is 11.1. The monoisotopic (exact) mass is 506 g/mol. The minimum Gasteiger partial charge on any atom is -0.497 e. The predicted molar refractivity (Wildman–Crippen MR) is 136 cm³/mol. The van der Waals surface area contributed by atoms with E-state index < -0.39 is 20.9 Å². The molecule has 0 unspecified atom stereocenters. The van der Waals surface area contributed by atoms with Crippen molar-refractivity contribution in [2.45, 2.75) is 25.2 Å². The number of sulfone groups is 1. The van der Waals surface area contributed by atoms with Crippen LogP contribution in [0.3, 0.4) is 0 Å². The highest BCUT2D eigenvalue weighted by molar-refractivity contribution is 7.90. The second kappa shape index (κ2) is 10.6. The van der Waals surface area contributed by atoms with Gasteiger partial charge in [0.05, 0.1) is 31.8 Å². The zero-order valence-corrected chi connectivity index (χ0v) is 21.0. The van der Waals surface area contributed by atoms with Crippen molar-refractivity contribution in [3.8, 4) is 5.75 Å². The lowest BCUT2D eigenvalue weighted by Crippen LogP contribution is -2.27. The second-order valence-electron chi connectivity index (χ2n) is 8.26. The van der Waals surface area contributed by atoms with Crippen LogP contribution in [-0.4, -0.2) is 37.7 Å². The molecule has 0 bridgehead atoms. The minimum absolute atomic E-state index is 0.0638. The Balaban J connectivity index is 1.76. The zero-order valence-electron chi connectivity index (χ0n) is 20.1. The Morgan fingerprint density at radius 1 is 1.06 bits per heavy atom. The summed E-state index contributed by atoms with van der Waals surface area (Å²) in [6.07, 6.45) is 3.93. The van der Waals surface area contributed by atoms with Crippen molar-refractivity contribution in [2.24, 2.45) is 0 Å². The van der Waals surface area contributed by atoms with Gasteiger partial charge in [0.1, 0.15) is 11.5 Å².